The average Bonchev–Trinajstić information content (AvgIpc) is 2.90. The van der Waals surface area contributed by atoms with Crippen molar-refractivity contribution in [3.05, 3.63) is 39.0 Å². The van der Waals surface area contributed by atoms with Crippen LogP contribution in [0.15, 0.2) is 39.0 Å². The number of hydrogen-bond donors (Lipinski definition) is 2. The fraction of sp³-hybridized carbons (Fsp3) is 0.231. The molecule has 0 bridgehead atoms. The molecule has 1 aromatic heterocycles. The Morgan fingerprint density at radius 1 is 1.33 bits per heavy atom. The molecule has 0 radical (unpaired) electrons. The number of thiophene rings is 1. The Balaban J connectivity index is 2.31. The van der Waals surface area contributed by atoms with E-state index < -0.39 is 10.0 Å². The number of hydrogen-bond acceptors (Lipinski definition) is 5. The molecule has 0 saturated heterocycles. The van der Waals surface area contributed by atoms with Crippen LogP contribution < -0.4 is 14.8 Å². The van der Waals surface area contributed by atoms with Crippen LogP contribution in [-0.2, 0) is 16.6 Å². The molecule has 21 heavy (non-hydrogen) atoms. The van der Waals surface area contributed by atoms with Crippen molar-refractivity contribution in [1.82, 2.24) is 5.32 Å². The van der Waals surface area contributed by atoms with Gasteiger partial charge in [0.05, 0.1) is 17.3 Å². The summed E-state index contributed by atoms with van der Waals surface area (Å²) in [4.78, 5) is 1.07. The van der Waals surface area contributed by atoms with Crippen LogP contribution in [-0.4, -0.2) is 22.6 Å². The van der Waals surface area contributed by atoms with Crippen molar-refractivity contribution < 1.29 is 13.2 Å². The average molecular weight is 391 g/mol. The van der Waals surface area contributed by atoms with Crippen molar-refractivity contribution in [3.63, 3.8) is 0 Å². The van der Waals surface area contributed by atoms with Gasteiger partial charge in [0.2, 0.25) is 0 Å². The second-order valence-electron chi connectivity index (χ2n) is 4.19. The van der Waals surface area contributed by atoms with E-state index in [1.165, 1.54) is 18.4 Å². The zero-order valence-corrected chi connectivity index (χ0v) is 14.7. The number of rotatable bonds is 6. The molecule has 2 aromatic rings. The fourth-order valence-corrected chi connectivity index (χ4v) is 4.71. The Labute approximate surface area is 136 Å². The summed E-state index contributed by atoms with van der Waals surface area (Å²) >= 11 is 4.74. The maximum absolute atomic E-state index is 12.5. The first-order chi connectivity index (χ1) is 9.97. The Morgan fingerprint density at radius 2 is 2.10 bits per heavy atom. The van der Waals surface area contributed by atoms with Gasteiger partial charge in [0.1, 0.15) is 10.6 Å². The van der Waals surface area contributed by atoms with Gasteiger partial charge < -0.3 is 10.1 Å². The van der Waals surface area contributed by atoms with Crippen LogP contribution in [0.5, 0.6) is 5.75 Å². The van der Waals surface area contributed by atoms with Gasteiger partial charge >= 0.3 is 0 Å². The number of benzene rings is 1. The summed E-state index contributed by atoms with van der Waals surface area (Å²) in [5, 5.41) is 4.73. The molecule has 1 aromatic carbocycles. The monoisotopic (exact) mass is 390 g/mol. The third-order valence-electron chi connectivity index (χ3n) is 2.73. The van der Waals surface area contributed by atoms with Gasteiger partial charge in [0, 0.05) is 17.5 Å². The van der Waals surface area contributed by atoms with E-state index in [0.717, 1.165) is 9.35 Å². The van der Waals surface area contributed by atoms with Crippen molar-refractivity contribution >= 4 is 43.0 Å². The summed E-state index contributed by atoms with van der Waals surface area (Å²) in [5.41, 5.74) is 0.455. The molecule has 8 heteroatoms. The van der Waals surface area contributed by atoms with Crippen molar-refractivity contribution in [2.75, 3.05) is 18.9 Å². The lowest BCUT2D eigenvalue weighted by molar-refractivity contribution is 0.412. The lowest BCUT2D eigenvalue weighted by Crippen LogP contribution is -2.15. The molecule has 114 valence electrons. The highest BCUT2D eigenvalue weighted by Crippen LogP contribution is 2.30. The van der Waals surface area contributed by atoms with Crippen LogP contribution >= 0.6 is 27.3 Å². The van der Waals surface area contributed by atoms with Gasteiger partial charge in [-0.1, -0.05) is 0 Å². The molecule has 0 aliphatic rings. The predicted octanol–water partition coefficient (Wildman–Crippen LogP) is 3.04. The summed E-state index contributed by atoms with van der Waals surface area (Å²) in [5.74, 6) is 0.566. The van der Waals surface area contributed by atoms with Crippen LogP contribution in [0.3, 0.4) is 0 Å². The first-order valence-electron chi connectivity index (χ1n) is 6.05. The van der Waals surface area contributed by atoms with Gasteiger partial charge in [-0.2, -0.15) is 0 Å². The predicted molar refractivity (Wildman–Crippen MR) is 88.6 cm³/mol. The third-order valence-corrected chi connectivity index (χ3v) is 5.91. The van der Waals surface area contributed by atoms with Crippen molar-refractivity contribution in [2.45, 2.75) is 11.4 Å². The molecule has 2 rings (SSSR count). The molecule has 2 N–H and O–H groups in total. The molecule has 0 aliphatic heterocycles. The normalized spacial score (nSPS) is 11.4. The number of anilines is 1. The Kier molecular flexibility index (Phi) is 5.26. The standard InChI is InChI=1S/C13H15BrN2O3S2/c1-15-8-12-13(5-6-20-12)21(17,18)16-9-3-4-10(14)11(7-9)19-2/h3-7,15-16H,8H2,1-2H3. The van der Waals surface area contributed by atoms with Gasteiger partial charge in [-0.15, -0.1) is 11.3 Å². The molecular formula is C13H15BrN2O3S2. The highest BCUT2D eigenvalue weighted by molar-refractivity contribution is 9.10. The second-order valence-corrected chi connectivity index (χ2v) is 7.70. The molecular weight excluding hydrogens is 376 g/mol. The van der Waals surface area contributed by atoms with E-state index in [-0.39, 0.29) is 0 Å². The second kappa shape index (κ2) is 6.78. The SMILES string of the molecule is CNCc1sccc1S(=O)(=O)Nc1ccc(Br)c(OC)c1. The zero-order valence-electron chi connectivity index (χ0n) is 11.5. The fourth-order valence-electron chi connectivity index (χ4n) is 1.79. The van der Waals surface area contributed by atoms with Crippen molar-refractivity contribution in [2.24, 2.45) is 0 Å². The van der Waals surface area contributed by atoms with Crippen LogP contribution in [0.1, 0.15) is 4.88 Å². The molecule has 0 unspecified atom stereocenters. The van der Waals surface area contributed by atoms with Gasteiger partial charge in [-0.05, 0) is 46.6 Å². The smallest absolute Gasteiger partial charge is 0.263 e. The van der Waals surface area contributed by atoms with E-state index >= 15 is 0 Å². The maximum atomic E-state index is 12.5. The van der Waals surface area contributed by atoms with Gasteiger partial charge in [0.25, 0.3) is 10.0 Å². The number of ether oxygens (including phenoxy) is 1. The highest BCUT2D eigenvalue weighted by Gasteiger charge is 2.20. The minimum atomic E-state index is -3.61. The van der Waals surface area contributed by atoms with E-state index in [2.05, 4.69) is 26.0 Å². The summed E-state index contributed by atoms with van der Waals surface area (Å²) in [7, 11) is -0.300. The van der Waals surface area contributed by atoms with Crippen LogP contribution in [0.2, 0.25) is 0 Å². The highest BCUT2D eigenvalue weighted by atomic mass is 79.9. The Bertz CT molecular complexity index is 729. The molecule has 0 spiro atoms. The molecule has 1 heterocycles. The van der Waals surface area contributed by atoms with Gasteiger partial charge in [-0.3, -0.25) is 4.72 Å². The zero-order chi connectivity index (χ0) is 15.5. The molecule has 0 amide bonds. The number of methoxy groups -OCH3 is 1. The minimum absolute atomic E-state index is 0.295. The lowest BCUT2D eigenvalue weighted by Gasteiger charge is -2.11. The largest absolute Gasteiger partial charge is 0.495 e. The minimum Gasteiger partial charge on any atom is -0.495 e. The number of sulfonamides is 1. The summed E-state index contributed by atoms with van der Waals surface area (Å²) in [6.45, 7) is 0.511. The van der Waals surface area contributed by atoms with E-state index in [1.54, 1.807) is 36.7 Å². The lowest BCUT2D eigenvalue weighted by atomic mass is 10.3. The van der Waals surface area contributed by atoms with E-state index in [4.69, 9.17) is 4.74 Å². The maximum Gasteiger partial charge on any atom is 0.263 e. The molecule has 5 nitrogen and oxygen atoms in total. The third kappa shape index (κ3) is 3.76. The number of nitrogens with one attached hydrogen (secondary N) is 2. The van der Waals surface area contributed by atoms with Crippen LogP contribution in [0.25, 0.3) is 0 Å². The van der Waals surface area contributed by atoms with Crippen molar-refractivity contribution in [3.8, 4) is 5.75 Å². The first kappa shape index (κ1) is 16.3. The van der Waals surface area contributed by atoms with Crippen molar-refractivity contribution in [1.29, 1.82) is 0 Å². The van der Waals surface area contributed by atoms with Crippen LogP contribution in [0.4, 0.5) is 5.69 Å². The summed E-state index contributed by atoms with van der Waals surface area (Å²) in [6.07, 6.45) is 0. The molecule has 0 saturated carbocycles. The topological polar surface area (TPSA) is 67.4 Å². The first-order valence-corrected chi connectivity index (χ1v) is 9.21. The molecule has 0 aliphatic carbocycles. The van der Waals surface area contributed by atoms with E-state index in [9.17, 15) is 8.42 Å². The van der Waals surface area contributed by atoms with Gasteiger partial charge in [0.15, 0.2) is 0 Å². The number of halogens is 1. The molecule has 0 fully saturated rings. The quantitative estimate of drug-likeness (QED) is 0.795. The Morgan fingerprint density at radius 3 is 2.76 bits per heavy atom. The Hall–Kier alpha value is -1.09. The summed E-state index contributed by atoms with van der Waals surface area (Å²) < 4.78 is 33.4. The molecule has 0 atom stereocenters. The van der Waals surface area contributed by atoms with Crippen LogP contribution in [0, 0.1) is 0 Å². The van der Waals surface area contributed by atoms with E-state index in [0.29, 0.717) is 22.9 Å². The van der Waals surface area contributed by atoms with Gasteiger partial charge in [-0.25, -0.2) is 8.42 Å². The van der Waals surface area contributed by atoms with E-state index in [1.807, 2.05) is 0 Å². The summed E-state index contributed by atoms with van der Waals surface area (Å²) in [6, 6.07) is 6.65.